The van der Waals surface area contributed by atoms with Gasteiger partial charge in [0, 0.05) is 5.69 Å². The summed E-state index contributed by atoms with van der Waals surface area (Å²) < 4.78 is 4.75. The molecule has 4 nitrogen and oxygen atoms in total. The summed E-state index contributed by atoms with van der Waals surface area (Å²) in [4.78, 5) is 11.2. The topological polar surface area (TPSA) is 50.4 Å². The first-order valence-corrected chi connectivity index (χ1v) is 6.17. The molecule has 1 aromatic rings. The average Bonchev–Trinajstić information content (AvgIpc) is 2.23. The summed E-state index contributed by atoms with van der Waals surface area (Å²) in [5.74, 6) is 0. The van der Waals surface area contributed by atoms with Crippen molar-refractivity contribution in [1.29, 1.82) is 0 Å². The number of carbonyl (C=O) groups excluding carboxylic acids is 1. The number of hydrogen-bond donors (Lipinski definition) is 2. The Labute approximate surface area is 113 Å². The molecule has 0 heterocycles. The van der Waals surface area contributed by atoms with Gasteiger partial charge in [0.1, 0.15) is 0 Å². The zero-order chi connectivity index (χ0) is 13.7. The molecule has 0 spiro atoms. The lowest BCUT2D eigenvalue weighted by Gasteiger charge is -2.14. The lowest BCUT2D eigenvalue weighted by atomic mass is 10.1. The number of aryl methyl sites for hydroxylation is 3. The molecule has 5 heteroatoms. The third-order valence-corrected chi connectivity index (χ3v) is 2.61. The van der Waals surface area contributed by atoms with Crippen LogP contribution in [-0.2, 0) is 4.74 Å². The summed E-state index contributed by atoms with van der Waals surface area (Å²) in [6.07, 6.45) is -0.544. The minimum atomic E-state index is -0.544. The third kappa shape index (κ3) is 4.00. The van der Waals surface area contributed by atoms with Crippen LogP contribution in [0.2, 0.25) is 0 Å². The maximum Gasteiger partial charge on any atom is 0.413 e. The van der Waals surface area contributed by atoms with E-state index < -0.39 is 6.09 Å². The molecule has 0 aliphatic carbocycles. The van der Waals surface area contributed by atoms with E-state index in [1.165, 1.54) is 5.56 Å². The Morgan fingerprint density at radius 3 is 2.33 bits per heavy atom. The van der Waals surface area contributed by atoms with Crippen LogP contribution in [0.15, 0.2) is 12.1 Å². The largest absolute Gasteiger partial charge is 0.450 e. The molecular weight excluding hydrogens is 248 g/mol. The Morgan fingerprint density at radius 2 is 1.83 bits per heavy atom. The molecule has 1 aromatic carbocycles. The van der Waals surface area contributed by atoms with Gasteiger partial charge in [-0.1, -0.05) is 17.7 Å². The van der Waals surface area contributed by atoms with Crippen LogP contribution in [-0.4, -0.2) is 17.8 Å². The van der Waals surface area contributed by atoms with E-state index >= 15 is 0 Å². The molecular formula is C13H18N2O2S. The number of benzene rings is 1. The molecule has 0 fully saturated rings. The van der Waals surface area contributed by atoms with Crippen molar-refractivity contribution in [3.05, 3.63) is 28.8 Å². The molecule has 0 saturated heterocycles. The summed E-state index contributed by atoms with van der Waals surface area (Å²) in [7, 11) is 0. The quantitative estimate of drug-likeness (QED) is 0.808. The summed E-state index contributed by atoms with van der Waals surface area (Å²) >= 11 is 5.06. The maximum absolute atomic E-state index is 11.2. The maximum atomic E-state index is 11.2. The molecule has 1 rings (SSSR count). The molecule has 0 radical (unpaired) electrons. The van der Waals surface area contributed by atoms with Crippen molar-refractivity contribution in [3.63, 3.8) is 0 Å². The van der Waals surface area contributed by atoms with Gasteiger partial charge in [0.25, 0.3) is 0 Å². The standard InChI is InChI=1S/C13H18N2O2S/c1-5-17-13(16)15-12(18)14-11-9(3)6-8(2)7-10(11)4/h6-7H,5H2,1-4H3,(H2,14,15,16,18). The van der Waals surface area contributed by atoms with Gasteiger partial charge in [-0.3, -0.25) is 5.32 Å². The third-order valence-electron chi connectivity index (χ3n) is 2.41. The van der Waals surface area contributed by atoms with E-state index in [1.54, 1.807) is 6.92 Å². The molecule has 0 aliphatic rings. The van der Waals surface area contributed by atoms with Gasteiger partial charge in [-0.2, -0.15) is 0 Å². The highest BCUT2D eigenvalue weighted by Crippen LogP contribution is 2.21. The van der Waals surface area contributed by atoms with Crippen LogP contribution in [0.1, 0.15) is 23.6 Å². The Balaban J connectivity index is 2.73. The molecule has 0 saturated carbocycles. The summed E-state index contributed by atoms with van der Waals surface area (Å²) in [5.41, 5.74) is 4.28. The van der Waals surface area contributed by atoms with E-state index in [2.05, 4.69) is 22.8 Å². The number of hydrogen-bond acceptors (Lipinski definition) is 3. The Kier molecular flexibility index (Phi) is 5.09. The van der Waals surface area contributed by atoms with Gasteiger partial charge in [-0.05, 0) is 51.0 Å². The molecule has 1 amide bonds. The van der Waals surface area contributed by atoms with E-state index in [0.29, 0.717) is 6.61 Å². The number of anilines is 1. The molecule has 0 aromatic heterocycles. The van der Waals surface area contributed by atoms with Crippen molar-refractivity contribution in [2.75, 3.05) is 11.9 Å². The Hall–Kier alpha value is -1.62. The normalized spacial score (nSPS) is 9.78. The second kappa shape index (κ2) is 6.35. The number of carbonyl (C=O) groups is 1. The number of nitrogens with one attached hydrogen (secondary N) is 2. The van der Waals surface area contributed by atoms with E-state index in [9.17, 15) is 4.79 Å². The van der Waals surface area contributed by atoms with E-state index in [1.807, 2.05) is 20.8 Å². The number of amides is 1. The molecule has 0 aliphatic heterocycles. The van der Waals surface area contributed by atoms with Gasteiger partial charge in [0.15, 0.2) is 5.11 Å². The SMILES string of the molecule is CCOC(=O)NC(=S)Nc1c(C)cc(C)cc1C. The highest BCUT2D eigenvalue weighted by molar-refractivity contribution is 7.80. The molecule has 2 N–H and O–H groups in total. The minimum Gasteiger partial charge on any atom is -0.450 e. The Bertz CT molecular complexity index is 449. The molecule has 0 atom stereocenters. The fourth-order valence-electron chi connectivity index (χ4n) is 1.78. The second-order valence-corrected chi connectivity index (χ2v) is 4.48. The molecule has 18 heavy (non-hydrogen) atoms. The van der Waals surface area contributed by atoms with Gasteiger partial charge in [-0.25, -0.2) is 4.79 Å². The van der Waals surface area contributed by atoms with Gasteiger partial charge in [0.2, 0.25) is 0 Å². The van der Waals surface area contributed by atoms with Crippen LogP contribution in [0.5, 0.6) is 0 Å². The van der Waals surface area contributed by atoms with Crippen LogP contribution in [0.4, 0.5) is 10.5 Å². The number of rotatable bonds is 2. The van der Waals surface area contributed by atoms with Crippen molar-refractivity contribution in [2.24, 2.45) is 0 Å². The van der Waals surface area contributed by atoms with Gasteiger partial charge < -0.3 is 10.1 Å². The van der Waals surface area contributed by atoms with Gasteiger partial charge in [-0.15, -0.1) is 0 Å². The van der Waals surface area contributed by atoms with Crippen LogP contribution in [0, 0.1) is 20.8 Å². The van der Waals surface area contributed by atoms with Gasteiger partial charge in [0.05, 0.1) is 6.61 Å². The van der Waals surface area contributed by atoms with Crippen molar-refractivity contribution in [2.45, 2.75) is 27.7 Å². The van der Waals surface area contributed by atoms with Crippen LogP contribution in [0.25, 0.3) is 0 Å². The van der Waals surface area contributed by atoms with Crippen LogP contribution >= 0.6 is 12.2 Å². The zero-order valence-corrected chi connectivity index (χ0v) is 11.9. The van der Waals surface area contributed by atoms with Crippen molar-refractivity contribution >= 4 is 29.1 Å². The fraction of sp³-hybridized carbons (Fsp3) is 0.385. The zero-order valence-electron chi connectivity index (χ0n) is 11.1. The lowest BCUT2D eigenvalue weighted by molar-refractivity contribution is 0.158. The Morgan fingerprint density at radius 1 is 1.28 bits per heavy atom. The van der Waals surface area contributed by atoms with Gasteiger partial charge >= 0.3 is 6.09 Å². The van der Waals surface area contributed by atoms with Crippen molar-refractivity contribution in [3.8, 4) is 0 Å². The summed E-state index contributed by atoms with van der Waals surface area (Å²) in [6.45, 7) is 8.09. The highest BCUT2D eigenvalue weighted by Gasteiger charge is 2.08. The monoisotopic (exact) mass is 266 g/mol. The number of thiocarbonyl (C=S) groups is 1. The van der Waals surface area contributed by atoms with E-state index in [0.717, 1.165) is 16.8 Å². The number of alkyl carbamates (subject to hydrolysis) is 1. The first kappa shape index (κ1) is 14.4. The first-order chi connectivity index (χ1) is 8.43. The summed E-state index contributed by atoms with van der Waals surface area (Å²) in [6, 6.07) is 4.12. The van der Waals surface area contributed by atoms with Crippen molar-refractivity contribution < 1.29 is 9.53 Å². The predicted octanol–water partition coefficient (Wildman–Crippen LogP) is 3.05. The summed E-state index contributed by atoms with van der Waals surface area (Å²) in [5, 5.41) is 5.71. The lowest BCUT2D eigenvalue weighted by Crippen LogP contribution is -2.34. The second-order valence-electron chi connectivity index (χ2n) is 4.07. The fourth-order valence-corrected chi connectivity index (χ4v) is 1.97. The highest BCUT2D eigenvalue weighted by atomic mass is 32.1. The smallest absolute Gasteiger partial charge is 0.413 e. The van der Waals surface area contributed by atoms with E-state index in [-0.39, 0.29) is 5.11 Å². The molecule has 0 unspecified atom stereocenters. The predicted molar refractivity (Wildman–Crippen MR) is 77.0 cm³/mol. The molecule has 98 valence electrons. The van der Waals surface area contributed by atoms with E-state index in [4.69, 9.17) is 17.0 Å². The number of ether oxygens (including phenoxy) is 1. The first-order valence-electron chi connectivity index (χ1n) is 5.76. The minimum absolute atomic E-state index is 0.239. The van der Waals surface area contributed by atoms with Crippen LogP contribution < -0.4 is 10.6 Å². The van der Waals surface area contributed by atoms with Crippen molar-refractivity contribution in [1.82, 2.24) is 5.32 Å². The average molecular weight is 266 g/mol. The molecule has 0 bridgehead atoms. The van der Waals surface area contributed by atoms with Crippen LogP contribution in [0.3, 0.4) is 0 Å².